The zero-order valence-electron chi connectivity index (χ0n) is 5.12. The van der Waals surface area contributed by atoms with Crippen LogP contribution in [-0.4, -0.2) is 16.1 Å². The summed E-state index contributed by atoms with van der Waals surface area (Å²) < 4.78 is 4.77. The molecule has 1 aromatic heterocycles. The molecule has 0 bridgehead atoms. The van der Waals surface area contributed by atoms with E-state index in [1.54, 1.807) is 6.20 Å². The van der Waals surface area contributed by atoms with Crippen LogP contribution in [0.3, 0.4) is 0 Å². The summed E-state index contributed by atoms with van der Waals surface area (Å²) in [6.07, 6.45) is 1.68. The van der Waals surface area contributed by atoms with Crippen LogP contribution in [0.5, 0.6) is 0 Å². The molecule has 0 spiro atoms. The molecule has 0 radical (unpaired) electrons. The third-order valence-corrected chi connectivity index (χ3v) is 2.91. The number of aliphatic hydroxyl groups is 1. The lowest BCUT2D eigenvalue weighted by atomic mass is 10.3. The maximum atomic E-state index is 8.66. The Morgan fingerprint density at radius 2 is 2.60 bits per heavy atom. The largest absolute Gasteiger partial charge is 0.394 e. The van der Waals surface area contributed by atoms with E-state index in [0.29, 0.717) is 0 Å². The molecule has 5 heteroatoms. The molecule has 3 N–H and O–H groups in total. The Labute approximate surface area is 71.2 Å². The van der Waals surface area contributed by atoms with E-state index in [0.717, 1.165) is 9.35 Å². The minimum atomic E-state index is -0.304. The van der Waals surface area contributed by atoms with Crippen LogP contribution >= 0.6 is 27.5 Å². The first kappa shape index (κ1) is 8.13. The van der Waals surface area contributed by atoms with Gasteiger partial charge in [0.15, 0.2) is 0 Å². The molecule has 1 aromatic rings. The lowest BCUT2D eigenvalue weighted by molar-refractivity contribution is 0.269. The predicted molar refractivity (Wildman–Crippen MR) is 43.8 cm³/mol. The first-order valence-corrected chi connectivity index (χ1v) is 4.29. The fourth-order valence-corrected chi connectivity index (χ4v) is 1.93. The molecular weight excluding hydrogens is 216 g/mol. The molecule has 0 aliphatic heterocycles. The van der Waals surface area contributed by atoms with Gasteiger partial charge in [0.25, 0.3) is 0 Å². The standard InChI is InChI=1S/C5H7BrN2OS/c6-3-1-8-10-5(3)4(7)2-9/h1,4,9H,2,7H2. The van der Waals surface area contributed by atoms with Crippen LogP contribution in [0.1, 0.15) is 10.9 Å². The molecule has 1 rings (SSSR count). The number of nitrogens with zero attached hydrogens (tertiary/aromatic N) is 1. The molecule has 3 nitrogen and oxygen atoms in total. The number of halogens is 1. The quantitative estimate of drug-likeness (QED) is 0.782. The van der Waals surface area contributed by atoms with Crippen LogP contribution in [0.25, 0.3) is 0 Å². The monoisotopic (exact) mass is 222 g/mol. The maximum absolute atomic E-state index is 8.66. The number of aromatic nitrogens is 1. The second kappa shape index (κ2) is 3.43. The third kappa shape index (κ3) is 1.54. The van der Waals surface area contributed by atoms with Gasteiger partial charge in [-0.2, -0.15) is 4.37 Å². The number of hydrogen-bond acceptors (Lipinski definition) is 4. The van der Waals surface area contributed by atoms with Crippen molar-refractivity contribution in [2.24, 2.45) is 5.73 Å². The van der Waals surface area contributed by atoms with Gasteiger partial charge in [0, 0.05) is 0 Å². The van der Waals surface area contributed by atoms with Gasteiger partial charge in [-0.3, -0.25) is 0 Å². The highest BCUT2D eigenvalue weighted by molar-refractivity contribution is 9.10. The van der Waals surface area contributed by atoms with Crippen molar-refractivity contribution in [2.45, 2.75) is 6.04 Å². The van der Waals surface area contributed by atoms with E-state index in [9.17, 15) is 0 Å². The van der Waals surface area contributed by atoms with Gasteiger partial charge in [0.2, 0.25) is 0 Å². The summed E-state index contributed by atoms with van der Waals surface area (Å²) in [5.41, 5.74) is 5.53. The Balaban J connectivity index is 2.82. The van der Waals surface area contributed by atoms with E-state index in [-0.39, 0.29) is 12.6 Å². The fourth-order valence-electron chi connectivity index (χ4n) is 0.564. The summed E-state index contributed by atoms with van der Waals surface area (Å²) in [5.74, 6) is 0. The molecule has 0 aromatic carbocycles. The van der Waals surface area contributed by atoms with Gasteiger partial charge in [0.1, 0.15) is 0 Å². The van der Waals surface area contributed by atoms with Gasteiger partial charge in [-0.15, -0.1) is 0 Å². The second-order valence-electron chi connectivity index (χ2n) is 1.83. The number of aliphatic hydroxyl groups excluding tert-OH is 1. The van der Waals surface area contributed by atoms with E-state index >= 15 is 0 Å². The van der Waals surface area contributed by atoms with Gasteiger partial charge in [-0.05, 0) is 27.5 Å². The van der Waals surface area contributed by atoms with Gasteiger partial charge < -0.3 is 10.8 Å². The van der Waals surface area contributed by atoms with Crippen molar-refractivity contribution in [1.82, 2.24) is 4.37 Å². The van der Waals surface area contributed by atoms with Crippen molar-refractivity contribution in [2.75, 3.05) is 6.61 Å². The van der Waals surface area contributed by atoms with Gasteiger partial charge in [0.05, 0.1) is 28.2 Å². The SMILES string of the molecule is NC(CO)c1sncc1Br. The average Bonchev–Trinajstić information content (AvgIpc) is 2.34. The van der Waals surface area contributed by atoms with Crippen LogP contribution in [0.2, 0.25) is 0 Å². The fraction of sp³-hybridized carbons (Fsp3) is 0.400. The van der Waals surface area contributed by atoms with E-state index < -0.39 is 0 Å². The maximum Gasteiger partial charge on any atom is 0.0652 e. The van der Waals surface area contributed by atoms with Crippen LogP contribution < -0.4 is 5.73 Å². The molecule has 56 valence electrons. The number of rotatable bonds is 2. The normalized spacial score (nSPS) is 13.5. The Hall–Kier alpha value is 0.0300. The molecular formula is C5H7BrN2OS. The number of hydrogen-bond donors (Lipinski definition) is 2. The van der Waals surface area contributed by atoms with E-state index in [2.05, 4.69) is 20.3 Å². The lowest BCUT2D eigenvalue weighted by Crippen LogP contribution is -2.13. The highest BCUT2D eigenvalue weighted by Gasteiger charge is 2.10. The van der Waals surface area contributed by atoms with E-state index in [1.165, 1.54) is 11.5 Å². The summed E-state index contributed by atoms with van der Waals surface area (Å²) in [4.78, 5) is 0.891. The van der Waals surface area contributed by atoms with Crippen LogP contribution in [0.15, 0.2) is 10.7 Å². The molecule has 0 aliphatic rings. The minimum Gasteiger partial charge on any atom is -0.394 e. The van der Waals surface area contributed by atoms with Crippen molar-refractivity contribution in [3.8, 4) is 0 Å². The molecule has 0 saturated heterocycles. The van der Waals surface area contributed by atoms with E-state index in [1.807, 2.05) is 0 Å². The van der Waals surface area contributed by atoms with Crippen molar-refractivity contribution in [3.05, 3.63) is 15.5 Å². The molecule has 1 unspecified atom stereocenters. The summed E-state index contributed by atoms with van der Waals surface area (Å²) in [6.45, 7) is -0.0409. The minimum absolute atomic E-state index is 0.0409. The molecule has 0 saturated carbocycles. The summed E-state index contributed by atoms with van der Waals surface area (Å²) >= 11 is 4.56. The van der Waals surface area contributed by atoms with Crippen molar-refractivity contribution in [1.29, 1.82) is 0 Å². The van der Waals surface area contributed by atoms with Crippen LogP contribution in [0, 0.1) is 0 Å². The summed E-state index contributed by atoms with van der Waals surface area (Å²) in [6, 6.07) is -0.304. The second-order valence-corrected chi connectivity index (χ2v) is 3.51. The highest BCUT2D eigenvalue weighted by atomic mass is 79.9. The van der Waals surface area contributed by atoms with Gasteiger partial charge in [-0.25, -0.2) is 0 Å². The summed E-state index contributed by atoms with van der Waals surface area (Å²) in [7, 11) is 0. The molecule has 10 heavy (non-hydrogen) atoms. The zero-order chi connectivity index (χ0) is 7.56. The molecule has 0 fully saturated rings. The van der Waals surface area contributed by atoms with Gasteiger partial charge >= 0.3 is 0 Å². The Morgan fingerprint density at radius 1 is 1.90 bits per heavy atom. The Bertz CT molecular complexity index is 215. The first-order valence-electron chi connectivity index (χ1n) is 2.72. The van der Waals surface area contributed by atoms with Crippen molar-refractivity contribution in [3.63, 3.8) is 0 Å². The summed E-state index contributed by atoms with van der Waals surface area (Å²) in [5, 5.41) is 8.66. The Morgan fingerprint density at radius 3 is 3.00 bits per heavy atom. The Kier molecular flexibility index (Phi) is 2.79. The average molecular weight is 223 g/mol. The van der Waals surface area contributed by atoms with Gasteiger partial charge in [-0.1, -0.05) is 0 Å². The predicted octanol–water partition coefficient (Wildman–Crippen LogP) is 0.898. The molecule has 1 heterocycles. The third-order valence-electron chi connectivity index (χ3n) is 1.09. The highest BCUT2D eigenvalue weighted by Crippen LogP contribution is 2.24. The van der Waals surface area contributed by atoms with Crippen LogP contribution in [-0.2, 0) is 0 Å². The van der Waals surface area contributed by atoms with E-state index in [4.69, 9.17) is 10.8 Å². The molecule has 1 atom stereocenters. The topological polar surface area (TPSA) is 59.1 Å². The molecule has 0 aliphatic carbocycles. The van der Waals surface area contributed by atoms with Crippen molar-refractivity contribution < 1.29 is 5.11 Å². The molecule has 0 amide bonds. The number of nitrogens with two attached hydrogens (primary N) is 1. The smallest absolute Gasteiger partial charge is 0.0652 e. The zero-order valence-corrected chi connectivity index (χ0v) is 7.52. The first-order chi connectivity index (χ1) is 4.75. The van der Waals surface area contributed by atoms with Crippen molar-refractivity contribution >= 4 is 27.5 Å². The lowest BCUT2D eigenvalue weighted by Gasteiger charge is -2.03. The van der Waals surface area contributed by atoms with Crippen LogP contribution in [0.4, 0.5) is 0 Å².